The van der Waals surface area contributed by atoms with Gasteiger partial charge in [0.2, 0.25) is 0 Å². The largest absolute Gasteiger partial charge is 0.493 e. The van der Waals surface area contributed by atoms with E-state index in [4.69, 9.17) is 24.1 Å². The minimum Gasteiger partial charge on any atom is -0.493 e. The van der Waals surface area contributed by atoms with Crippen LogP contribution < -0.4 is 19.9 Å². The van der Waals surface area contributed by atoms with E-state index in [-0.39, 0.29) is 23.9 Å². The predicted molar refractivity (Wildman–Crippen MR) is 113 cm³/mol. The molecule has 4 aromatic rings. The van der Waals surface area contributed by atoms with Crippen molar-refractivity contribution in [3.63, 3.8) is 0 Å². The van der Waals surface area contributed by atoms with Gasteiger partial charge < -0.3 is 24.9 Å². The number of aromatic amines is 1. The minimum atomic E-state index is -2.70. The van der Waals surface area contributed by atoms with Crippen LogP contribution in [0.5, 0.6) is 23.0 Å². The first-order valence-electron chi connectivity index (χ1n) is 11.1. The van der Waals surface area contributed by atoms with Crippen molar-refractivity contribution in [1.82, 2.24) is 9.97 Å². The van der Waals surface area contributed by atoms with Crippen molar-refractivity contribution in [1.29, 1.82) is 0 Å². The number of nitrogens with one attached hydrogen (secondary N) is 1. The lowest BCUT2D eigenvalue weighted by Crippen LogP contribution is -2.29. The van der Waals surface area contributed by atoms with Gasteiger partial charge in [-0.1, -0.05) is 0 Å². The first-order valence-corrected chi connectivity index (χ1v) is 9.59. The summed E-state index contributed by atoms with van der Waals surface area (Å²) in [7, 11) is -2.70. The lowest BCUT2D eigenvalue weighted by molar-refractivity contribution is 0.264. The molecule has 7 heteroatoms. The number of hydrogen-bond acceptors (Lipinski definition) is 5. The Kier molecular flexibility index (Phi) is 3.56. The number of rotatable bonds is 6. The molecule has 0 atom stereocenters. The van der Waals surface area contributed by atoms with Crippen LogP contribution in [-0.4, -0.2) is 29.2 Å². The summed E-state index contributed by atoms with van der Waals surface area (Å²) < 4.78 is 54.5. The number of methoxy groups -OCH3 is 1. The number of hydrogen-bond donors (Lipinski definition) is 2. The lowest BCUT2D eigenvalue weighted by atomic mass is 10.1. The van der Waals surface area contributed by atoms with Crippen LogP contribution in [0.2, 0.25) is 0 Å². The number of benzene rings is 2. The third-order valence-electron chi connectivity index (χ3n) is 5.34. The average Bonchev–Trinajstić information content (AvgIpc) is 3.35. The molecule has 3 N–H and O–H groups in total. The second kappa shape index (κ2) is 6.88. The highest BCUT2D eigenvalue weighted by Gasteiger charge is 2.39. The Morgan fingerprint density at radius 1 is 1.13 bits per heavy atom. The zero-order valence-corrected chi connectivity index (χ0v) is 16.3. The van der Waals surface area contributed by atoms with E-state index < -0.39 is 18.4 Å². The molecule has 0 radical (unpaired) electrons. The number of fused-ring (bicyclic) bond motifs is 2. The first kappa shape index (κ1) is 15.5. The van der Waals surface area contributed by atoms with Gasteiger partial charge in [-0.2, -0.15) is 0 Å². The van der Waals surface area contributed by atoms with Crippen molar-refractivity contribution in [3.8, 4) is 23.0 Å². The van der Waals surface area contributed by atoms with E-state index in [2.05, 4.69) is 9.97 Å². The van der Waals surface area contributed by atoms with Crippen molar-refractivity contribution in [3.05, 3.63) is 54.1 Å². The summed E-state index contributed by atoms with van der Waals surface area (Å²) in [5.41, 5.74) is 7.67. The van der Waals surface area contributed by atoms with Gasteiger partial charge in [0.05, 0.1) is 22.2 Å². The fourth-order valence-electron chi connectivity index (χ4n) is 3.42. The molecule has 1 aliphatic rings. The van der Waals surface area contributed by atoms with Gasteiger partial charge >= 0.3 is 0 Å². The summed E-state index contributed by atoms with van der Waals surface area (Å²) in [6.07, 6.45) is 3.19. The lowest BCUT2D eigenvalue weighted by Gasteiger charge is -2.16. The molecule has 154 valence electrons. The summed E-state index contributed by atoms with van der Waals surface area (Å²) in [6.45, 7) is 2.07. The molecule has 1 fully saturated rings. The first-order chi connectivity index (χ1) is 15.6. The van der Waals surface area contributed by atoms with Gasteiger partial charge in [0, 0.05) is 34.2 Å². The third-order valence-corrected chi connectivity index (χ3v) is 5.34. The Bertz CT molecular complexity index is 1370. The Hall–Kier alpha value is -3.32. The summed E-state index contributed by atoms with van der Waals surface area (Å²) in [5, 5.41) is 0.865. The molecule has 2 aromatic heterocycles. The highest BCUT2D eigenvalue weighted by Crippen LogP contribution is 2.40. The van der Waals surface area contributed by atoms with Gasteiger partial charge in [0.25, 0.3) is 0 Å². The van der Waals surface area contributed by atoms with Gasteiger partial charge in [-0.25, -0.2) is 4.39 Å². The zero-order chi connectivity index (χ0) is 23.4. The summed E-state index contributed by atoms with van der Waals surface area (Å²) in [5.74, 6) is 0.0481. The summed E-state index contributed by atoms with van der Waals surface area (Å²) in [6, 6.07) is 9.61. The number of aryl methyl sites for hydroxylation is 1. The molecular formula is C23H22FN3O3. The topological polar surface area (TPSA) is 82.4 Å². The van der Waals surface area contributed by atoms with Gasteiger partial charge in [0.15, 0.2) is 23.1 Å². The van der Waals surface area contributed by atoms with Crippen LogP contribution in [0, 0.1) is 12.7 Å². The van der Waals surface area contributed by atoms with E-state index in [0.717, 1.165) is 18.5 Å². The maximum absolute atomic E-state index is 15.1. The molecule has 0 bridgehead atoms. The van der Waals surface area contributed by atoms with Crippen molar-refractivity contribution in [2.45, 2.75) is 25.3 Å². The van der Waals surface area contributed by atoms with Gasteiger partial charge in [-0.15, -0.1) is 0 Å². The normalized spacial score (nSPS) is 16.7. The van der Waals surface area contributed by atoms with E-state index in [0.29, 0.717) is 27.6 Å². The van der Waals surface area contributed by atoms with E-state index in [1.54, 1.807) is 24.3 Å². The molecule has 1 saturated carbocycles. The van der Waals surface area contributed by atoms with E-state index in [1.165, 1.54) is 18.3 Å². The van der Waals surface area contributed by atoms with Crippen LogP contribution in [0.1, 0.15) is 22.6 Å². The third kappa shape index (κ3) is 3.31. The Labute approximate surface area is 177 Å². The summed E-state index contributed by atoms with van der Waals surface area (Å²) >= 11 is 0. The molecule has 0 amide bonds. The van der Waals surface area contributed by atoms with Crippen LogP contribution >= 0.6 is 0 Å². The van der Waals surface area contributed by atoms with Crippen LogP contribution in [0.25, 0.3) is 21.8 Å². The second-order valence-corrected chi connectivity index (χ2v) is 7.77. The predicted octanol–water partition coefficient (Wildman–Crippen LogP) is 4.83. The Balaban J connectivity index is 1.55. The van der Waals surface area contributed by atoms with Gasteiger partial charge in [-0.3, -0.25) is 4.98 Å². The van der Waals surface area contributed by atoms with E-state index in [1.807, 2.05) is 6.92 Å². The monoisotopic (exact) mass is 411 g/mol. The van der Waals surface area contributed by atoms with E-state index >= 15 is 4.39 Å². The molecule has 5 rings (SSSR count). The maximum Gasteiger partial charge on any atom is 0.175 e. The molecule has 0 saturated heterocycles. The molecule has 1 aliphatic carbocycles. The van der Waals surface area contributed by atoms with Crippen LogP contribution in [-0.2, 0) is 0 Å². The van der Waals surface area contributed by atoms with Gasteiger partial charge in [0.1, 0.15) is 12.4 Å². The molecule has 0 unspecified atom stereocenters. The minimum absolute atomic E-state index is 0.00165. The van der Waals surface area contributed by atoms with Crippen molar-refractivity contribution in [2.75, 3.05) is 13.6 Å². The fourth-order valence-corrected chi connectivity index (χ4v) is 3.42. The average molecular weight is 411 g/mol. The van der Waals surface area contributed by atoms with Gasteiger partial charge in [-0.05, 0) is 50.1 Å². The molecular weight excluding hydrogens is 386 g/mol. The standard InChI is InChI=1S/C23H22FN3O3/c1-13-9-15-16(27-13)3-4-19(22(15)24)30-18-5-8-26-17-11-21(20(28-2)10-14(17)18)29-12-23(25)6-7-23/h3-5,8-11,27H,6-7,12,25H2,1-2H3/i2+1D3. The smallest absolute Gasteiger partial charge is 0.175 e. The number of pyridine rings is 1. The number of H-pyrrole nitrogens is 1. The van der Waals surface area contributed by atoms with Crippen LogP contribution in [0.4, 0.5) is 4.39 Å². The molecule has 0 aliphatic heterocycles. The second-order valence-electron chi connectivity index (χ2n) is 7.77. The quantitative estimate of drug-likeness (QED) is 0.444. The zero-order valence-electron chi connectivity index (χ0n) is 19.3. The molecule has 2 heterocycles. The Morgan fingerprint density at radius 3 is 2.80 bits per heavy atom. The highest BCUT2D eigenvalue weighted by molar-refractivity contribution is 5.89. The highest BCUT2D eigenvalue weighted by atomic mass is 19.1. The van der Waals surface area contributed by atoms with Crippen molar-refractivity contribution in [2.24, 2.45) is 5.73 Å². The number of ether oxygens (including phenoxy) is 3. The Morgan fingerprint density at radius 2 is 2.00 bits per heavy atom. The van der Waals surface area contributed by atoms with Crippen LogP contribution in [0.15, 0.2) is 42.6 Å². The van der Waals surface area contributed by atoms with Crippen LogP contribution in [0.3, 0.4) is 0 Å². The summed E-state index contributed by atoms with van der Waals surface area (Å²) in [4.78, 5) is 7.42. The number of halogens is 1. The number of nitrogens with zero attached hydrogens (tertiary/aromatic N) is 1. The SMILES string of the molecule is [2H][13C]([2H])([2H])Oc1cc2c(Oc3ccc4[nH]c(C)cc4c3F)ccnc2cc1OCC1(N)CC1. The molecule has 6 nitrogen and oxygen atoms in total. The fraction of sp³-hybridized carbons (Fsp3) is 0.261. The molecule has 30 heavy (non-hydrogen) atoms. The molecule has 2 aromatic carbocycles. The van der Waals surface area contributed by atoms with Crippen molar-refractivity contribution < 1.29 is 22.7 Å². The number of nitrogens with two attached hydrogens (primary N) is 1. The van der Waals surface area contributed by atoms with E-state index in [9.17, 15) is 0 Å². The number of aromatic nitrogens is 2. The maximum atomic E-state index is 15.1. The molecule has 0 spiro atoms. The van der Waals surface area contributed by atoms with Crippen molar-refractivity contribution >= 4 is 21.8 Å².